The van der Waals surface area contributed by atoms with E-state index >= 15 is 0 Å². The average molecular weight is 454 g/mol. The summed E-state index contributed by atoms with van der Waals surface area (Å²) < 4.78 is 84.4. The Morgan fingerprint density at radius 1 is 0.750 bits per heavy atom. The molecule has 0 amide bonds. The number of hydrogen-bond donors (Lipinski definition) is 0. The van der Waals surface area contributed by atoms with E-state index in [1.54, 1.807) is 18.2 Å². The molecule has 1 aliphatic carbocycles. The molecule has 0 bridgehead atoms. The van der Waals surface area contributed by atoms with Gasteiger partial charge in [-0.3, -0.25) is 4.98 Å². The highest BCUT2D eigenvalue weighted by Crippen LogP contribution is 2.49. The van der Waals surface area contributed by atoms with E-state index in [2.05, 4.69) is 15.0 Å². The van der Waals surface area contributed by atoms with Crippen LogP contribution >= 0.6 is 0 Å². The Kier molecular flexibility index (Phi) is 5.72. The first-order valence-corrected chi connectivity index (χ1v) is 10.2. The third-order valence-electron chi connectivity index (χ3n) is 5.67. The van der Waals surface area contributed by atoms with Crippen LogP contribution < -0.4 is 0 Å². The molecule has 2 heterocycles. The zero-order valence-electron chi connectivity index (χ0n) is 16.9. The van der Waals surface area contributed by atoms with E-state index in [4.69, 9.17) is 0 Å². The first kappa shape index (κ1) is 22.3. The molecular formula is C22H20F6N4. The molecule has 10 heteroatoms. The second kappa shape index (κ2) is 8.22. The molecule has 0 unspecified atom stereocenters. The van der Waals surface area contributed by atoms with Crippen LogP contribution in [0.2, 0.25) is 0 Å². The van der Waals surface area contributed by atoms with Crippen LogP contribution in [0.3, 0.4) is 0 Å². The largest absolute Gasteiger partial charge is 0.443 e. The zero-order chi connectivity index (χ0) is 23.0. The Morgan fingerprint density at radius 2 is 1.31 bits per heavy atom. The van der Waals surface area contributed by atoms with Gasteiger partial charge in [0, 0.05) is 29.6 Å². The number of amidine groups is 2. The fourth-order valence-corrected chi connectivity index (χ4v) is 4.13. The van der Waals surface area contributed by atoms with Gasteiger partial charge in [0.1, 0.15) is 11.7 Å². The molecule has 1 fully saturated rings. The fourth-order valence-electron chi connectivity index (χ4n) is 4.13. The van der Waals surface area contributed by atoms with Gasteiger partial charge in [0.05, 0.1) is 0 Å². The van der Waals surface area contributed by atoms with Gasteiger partial charge in [0.15, 0.2) is 0 Å². The summed E-state index contributed by atoms with van der Waals surface area (Å²) in [6, 6.07) is 10.2. The molecule has 1 aromatic heterocycles. The Hall–Kier alpha value is -2.91. The third kappa shape index (κ3) is 3.86. The van der Waals surface area contributed by atoms with Crippen LogP contribution in [0.5, 0.6) is 0 Å². The summed E-state index contributed by atoms with van der Waals surface area (Å²) in [4.78, 5) is 12.0. The molecule has 1 aromatic carbocycles. The fraction of sp³-hybridized carbons (Fsp3) is 0.409. The molecule has 2 aromatic rings. The molecule has 0 saturated heterocycles. The summed E-state index contributed by atoms with van der Waals surface area (Å²) >= 11 is 0. The lowest BCUT2D eigenvalue weighted by Crippen LogP contribution is -2.61. The summed E-state index contributed by atoms with van der Waals surface area (Å²) in [5, 5.41) is 0. The number of pyridine rings is 1. The van der Waals surface area contributed by atoms with E-state index < -0.39 is 23.9 Å². The number of hydrogen-bond acceptors (Lipinski definition) is 4. The van der Waals surface area contributed by atoms with Crippen LogP contribution in [0.4, 0.5) is 26.3 Å². The highest BCUT2D eigenvalue weighted by Gasteiger charge is 2.74. The van der Waals surface area contributed by atoms with E-state index in [0.29, 0.717) is 12.8 Å². The minimum Gasteiger partial charge on any atom is -0.307 e. The van der Waals surface area contributed by atoms with Crippen molar-refractivity contribution in [3.8, 4) is 0 Å². The maximum Gasteiger partial charge on any atom is 0.443 e. The lowest BCUT2D eigenvalue weighted by molar-refractivity contribution is -0.293. The van der Waals surface area contributed by atoms with E-state index in [1.165, 1.54) is 41.6 Å². The number of aliphatic imine (C=N–C) groups is 2. The van der Waals surface area contributed by atoms with Crippen molar-refractivity contribution >= 4 is 11.7 Å². The van der Waals surface area contributed by atoms with Gasteiger partial charge in [0.2, 0.25) is 0 Å². The Bertz CT molecular complexity index is 919. The number of rotatable bonds is 3. The quantitative estimate of drug-likeness (QED) is 0.555. The van der Waals surface area contributed by atoms with Crippen molar-refractivity contribution in [1.82, 2.24) is 9.88 Å². The van der Waals surface area contributed by atoms with Crippen molar-refractivity contribution in [2.45, 2.75) is 56.2 Å². The predicted octanol–water partition coefficient (Wildman–Crippen LogP) is 5.74. The summed E-state index contributed by atoms with van der Waals surface area (Å²) in [5.41, 5.74) is -4.38. The summed E-state index contributed by atoms with van der Waals surface area (Å²) in [7, 11) is 0. The molecule has 0 spiro atoms. The number of aromatic nitrogens is 1. The normalized spacial score (nSPS) is 20.0. The van der Waals surface area contributed by atoms with Crippen molar-refractivity contribution in [2.24, 2.45) is 9.98 Å². The minimum atomic E-state index is -5.79. The molecule has 2 aliphatic rings. The maximum absolute atomic E-state index is 14.1. The Morgan fingerprint density at radius 3 is 1.84 bits per heavy atom. The summed E-state index contributed by atoms with van der Waals surface area (Å²) in [5.74, 6) is -0.811. The van der Waals surface area contributed by atoms with Gasteiger partial charge in [-0.05, 0) is 25.0 Å². The molecule has 32 heavy (non-hydrogen) atoms. The summed E-state index contributed by atoms with van der Waals surface area (Å²) in [6.07, 6.45) is -5.18. The molecule has 0 radical (unpaired) electrons. The van der Waals surface area contributed by atoms with Gasteiger partial charge in [-0.15, -0.1) is 0 Å². The van der Waals surface area contributed by atoms with Gasteiger partial charge in [-0.1, -0.05) is 49.6 Å². The second-order valence-electron chi connectivity index (χ2n) is 7.81. The second-order valence-corrected chi connectivity index (χ2v) is 7.81. The molecule has 170 valence electrons. The zero-order valence-corrected chi connectivity index (χ0v) is 16.9. The standard InChI is InChI=1S/C22H20F6N4/c23-21(24,25)20(22(26,27)28)30-18(15-8-3-1-4-9-15)32(17-11-5-2-6-12-17)19(31-20)16-10-7-13-29-14-16/h1,3-4,7-10,13-14,17H,2,5-6,11-12H2. The lowest BCUT2D eigenvalue weighted by atomic mass is 9.92. The summed E-state index contributed by atoms with van der Waals surface area (Å²) in [6.45, 7) is 0. The van der Waals surface area contributed by atoms with Crippen LogP contribution in [0, 0.1) is 0 Å². The lowest BCUT2D eigenvalue weighted by Gasteiger charge is -2.43. The monoisotopic (exact) mass is 454 g/mol. The van der Waals surface area contributed by atoms with Gasteiger partial charge in [0.25, 0.3) is 0 Å². The van der Waals surface area contributed by atoms with Crippen molar-refractivity contribution in [1.29, 1.82) is 0 Å². The molecule has 0 atom stereocenters. The van der Waals surface area contributed by atoms with Crippen molar-refractivity contribution in [3.63, 3.8) is 0 Å². The number of benzene rings is 1. The molecule has 4 rings (SSSR count). The van der Waals surface area contributed by atoms with Crippen LogP contribution in [0.15, 0.2) is 64.8 Å². The van der Waals surface area contributed by atoms with Crippen LogP contribution in [0.25, 0.3) is 0 Å². The highest BCUT2D eigenvalue weighted by atomic mass is 19.4. The highest BCUT2D eigenvalue weighted by molar-refractivity contribution is 6.16. The van der Waals surface area contributed by atoms with Crippen LogP contribution in [-0.4, -0.2) is 45.6 Å². The maximum atomic E-state index is 14.1. The molecule has 0 N–H and O–H groups in total. The Labute approximate surface area is 180 Å². The number of nitrogens with zero attached hydrogens (tertiary/aromatic N) is 4. The van der Waals surface area contributed by atoms with Gasteiger partial charge < -0.3 is 4.90 Å². The smallest absolute Gasteiger partial charge is 0.307 e. The number of halogens is 6. The van der Waals surface area contributed by atoms with Crippen LogP contribution in [0.1, 0.15) is 43.2 Å². The van der Waals surface area contributed by atoms with Crippen molar-refractivity contribution < 1.29 is 26.3 Å². The van der Waals surface area contributed by atoms with E-state index in [1.807, 2.05) is 0 Å². The van der Waals surface area contributed by atoms with Crippen LogP contribution in [-0.2, 0) is 0 Å². The predicted molar refractivity (Wildman–Crippen MR) is 107 cm³/mol. The van der Waals surface area contributed by atoms with Gasteiger partial charge >= 0.3 is 18.0 Å². The van der Waals surface area contributed by atoms with Gasteiger partial charge in [-0.2, -0.15) is 26.3 Å². The molecule has 1 saturated carbocycles. The first-order chi connectivity index (χ1) is 15.1. The topological polar surface area (TPSA) is 40.9 Å². The Balaban J connectivity index is 2.02. The van der Waals surface area contributed by atoms with E-state index in [9.17, 15) is 26.3 Å². The average Bonchev–Trinajstić information content (AvgIpc) is 2.78. The van der Waals surface area contributed by atoms with Gasteiger partial charge in [-0.25, -0.2) is 9.98 Å². The van der Waals surface area contributed by atoms with E-state index in [0.717, 1.165) is 19.3 Å². The van der Waals surface area contributed by atoms with E-state index in [-0.39, 0.29) is 23.0 Å². The first-order valence-electron chi connectivity index (χ1n) is 10.2. The van der Waals surface area contributed by atoms with Crippen molar-refractivity contribution in [2.75, 3.05) is 0 Å². The SMILES string of the molecule is FC(F)(F)C1(C(F)(F)F)N=C(c2ccccc2)N(C2CCCCC2)C(c2cccnc2)=N1. The third-order valence-corrected chi connectivity index (χ3v) is 5.67. The molecule has 4 nitrogen and oxygen atoms in total. The molecular weight excluding hydrogens is 434 g/mol. The minimum absolute atomic E-state index is 0.0688. The molecule has 1 aliphatic heterocycles. The number of alkyl halides is 6. The van der Waals surface area contributed by atoms with Crippen molar-refractivity contribution in [3.05, 3.63) is 66.0 Å².